The minimum absolute atomic E-state index is 0.128. The summed E-state index contributed by atoms with van der Waals surface area (Å²) in [6.07, 6.45) is 4.65. The van der Waals surface area contributed by atoms with E-state index in [1.54, 1.807) is 19.5 Å². The Labute approximate surface area is 114 Å². The Balaban J connectivity index is 2.04. The predicted octanol–water partition coefficient (Wildman–Crippen LogP) is 2.12. The fraction of sp³-hybridized carbons (Fsp3) is 0.250. The average Bonchev–Trinajstić information content (AvgIpc) is 2.89. The number of rotatable bonds is 5. The van der Waals surface area contributed by atoms with Crippen LogP contribution in [0, 0.1) is 0 Å². The van der Waals surface area contributed by atoms with Gasteiger partial charge in [-0.05, 0) is 13.0 Å². The molecule has 0 saturated heterocycles. The number of aromatic nitrogens is 2. The molecular formula is C12H13N3O3S. The van der Waals surface area contributed by atoms with Crippen molar-refractivity contribution >= 4 is 23.5 Å². The van der Waals surface area contributed by atoms with Gasteiger partial charge in [0.05, 0.1) is 19.1 Å². The van der Waals surface area contributed by atoms with Crippen LogP contribution in [0.1, 0.15) is 22.8 Å². The quantitative estimate of drug-likeness (QED) is 0.509. The van der Waals surface area contributed by atoms with Crippen molar-refractivity contribution < 1.29 is 13.9 Å². The molecule has 100 valence electrons. The van der Waals surface area contributed by atoms with E-state index in [0.717, 1.165) is 5.56 Å². The van der Waals surface area contributed by atoms with Gasteiger partial charge in [-0.3, -0.25) is 0 Å². The van der Waals surface area contributed by atoms with E-state index in [2.05, 4.69) is 9.97 Å². The number of nitrogen functional groups attached to an aromatic ring is 1. The van der Waals surface area contributed by atoms with E-state index in [-0.39, 0.29) is 18.0 Å². The second-order valence-corrected chi connectivity index (χ2v) is 4.53. The van der Waals surface area contributed by atoms with Crippen molar-refractivity contribution in [2.24, 2.45) is 0 Å². The van der Waals surface area contributed by atoms with Crippen LogP contribution in [0.25, 0.3) is 0 Å². The van der Waals surface area contributed by atoms with Crippen LogP contribution in [0.4, 0.5) is 5.82 Å². The normalized spacial score (nSPS) is 10.4. The van der Waals surface area contributed by atoms with Crippen molar-refractivity contribution in [3.8, 4) is 0 Å². The van der Waals surface area contributed by atoms with Crippen LogP contribution in [0.3, 0.4) is 0 Å². The van der Waals surface area contributed by atoms with Crippen LogP contribution in [0.15, 0.2) is 34.4 Å². The third-order valence-corrected chi connectivity index (χ3v) is 3.17. The topological polar surface area (TPSA) is 91.2 Å². The largest absolute Gasteiger partial charge is 0.472 e. The molecule has 0 saturated carbocycles. The molecule has 0 amide bonds. The smallest absolute Gasteiger partial charge is 0.343 e. The predicted molar refractivity (Wildman–Crippen MR) is 70.7 cm³/mol. The number of esters is 1. The standard InChI is InChI=1S/C12H13N3O3S/c1-2-18-11(16)9-5-14-12(15-10(9)13)19-7-8-3-4-17-6-8/h3-6H,2,7H2,1H3,(H2,13,14,15). The molecule has 0 atom stereocenters. The second kappa shape index (κ2) is 6.24. The zero-order valence-corrected chi connectivity index (χ0v) is 11.1. The highest BCUT2D eigenvalue weighted by Crippen LogP contribution is 2.21. The van der Waals surface area contributed by atoms with Crippen LogP contribution in [-0.2, 0) is 10.5 Å². The summed E-state index contributed by atoms with van der Waals surface area (Å²) >= 11 is 1.41. The molecule has 7 heteroatoms. The van der Waals surface area contributed by atoms with Crippen molar-refractivity contribution in [2.45, 2.75) is 17.8 Å². The summed E-state index contributed by atoms with van der Waals surface area (Å²) < 4.78 is 9.81. The van der Waals surface area contributed by atoms with E-state index in [4.69, 9.17) is 14.9 Å². The monoisotopic (exact) mass is 279 g/mol. The van der Waals surface area contributed by atoms with Gasteiger partial charge < -0.3 is 14.9 Å². The summed E-state index contributed by atoms with van der Waals surface area (Å²) in [4.78, 5) is 19.7. The second-order valence-electron chi connectivity index (χ2n) is 3.59. The number of nitrogens with zero attached hydrogens (tertiary/aromatic N) is 2. The number of carbonyl (C=O) groups is 1. The molecule has 0 aliphatic rings. The van der Waals surface area contributed by atoms with Crippen molar-refractivity contribution in [3.63, 3.8) is 0 Å². The number of hydrogen-bond donors (Lipinski definition) is 1. The molecular weight excluding hydrogens is 266 g/mol. The van der Waals surface area contributed by atoms with E-state index in [9.17, 15) is 4.79 Å². The van der Waals surface area contributed by atoms with E-state index >= 15 is 0 Å². The Bertz CT molecular complexity index is 557. The Kier molecular flexibility index (Phi) is 4.40. The molecule has 2 aromatic heterocycles. The number of anilines is 1. The average molecular weight is 279 g/mol. The maximum atomic E-state index is 11.5. The van der Waals surface area contributed by atoms with Crippen molar-refractivity contribution in [1.29, 1.82) is 0 Å². The highest BCUT2D eigenvalue weighted by Gasteiger charge is 2.13. The maximum absolute atomic E-state index is 11.5. The lowest BCUT2D eigenvalue weighted by atomic mass is 10.3. The molecule has 6 nitrogen and oxygen atoms in total. The third-order valence-electron chi connectivity index (χ3n) is 2.24. The minimum atomic E-state index is -0.508. The molecule has 2 rings (SSSR count). The Hall–Kier alpha value is -2.02. The first-order chi connectivity index (χ1) is 9.20. The number of nitrogens with two attached hydrogens (primary N) is 1. The van der Waals surface area contributed by atoms with E-state index in [1.807, 2.05) is 6.07 Å². The molecule has 0 aliphatic heterocycles. The third kappa shape index (κ3) is 3.47. The van der Waals surface area contributed by atoms with Crippen LogP contribution in [-0.4, -0.2) is 22.5 Å². The van der Waals surface area contributed by atoms with Crippen LogP contribution < -0.4 is 5.73 Å². The van der Waals surface area contributed by atoms with E-state index in [0.29, 0.717) is 10.9 Å². The van der Waals surface area contributed by atoms with Crippen LogP contribution >= 0.6 is 11.8 Å². The molecule has 0 aromatic carbocycles. The summed E-state index contributed by atoms with van der Waals surface area (Å²) in [5.41, 5.74) is 6.94. The fourth-order valence-electron chi connectivity index (χ4n) is 1.34. The lowest BCUT2D eigenvalue weighted by Crippen LogP contribution is -2.10. The number of furan rings is 1. The van der Waals surface area contributed by atoms with Gasteiger partial charge in [-0.15, -0.1) is 0 Å². The molecule has 0 fully saturated rings. The SMILES string of the molecule is CCOC(=O)c1cnc(SCc2ccoc2)nc1N. The van der Waals surface area contributed by atoms with Crippen molar-refractivity contribution in [3.05, 3.63) is 35.9 Å². The number of carbonyl (C=O) groups excluding carboxylic acids is 1. The van der Waals surface area contributed by atoms with Gasteiger partial charge in [0.1, 0.15) is 11.4 Å². The first kappa shape index (κ1) is 13.4. The molecule has 2 aromatic rings. The van der Waals surface area contributed by atoms with Gasteiger partial charge in [-0.1, -0.05) is 11.8 Å². The number of hydrogen-bond acceptors (Lipinski definition) is 7. The molecule has 0 spiro atoms. The highest BCUT2D eigenvalue weighted by molar-refractivity contribution is 7.98. The Morgan fingerprint density at radius 1 is 1.58 bits per heavy atom. The van der Waals surface area contributed by atoms with Crippen molar-refractivity contribution in [1.82, 2.24) is 9.97 Å². The summed E-state index contributed by atoms with van der Waals surface area (Å²) in [5.74, 6) is 0.295. The lowest BCUT2D eigenvalue weighted by Gasteiger charge is -2.05. The summed E-state index contributed by atoms with van der Waals surface area (Å²) in [6.45, 7) is 2.01. The van der Waals surface area contributed by atoms with Gasteiger partial charge in [0.25, 0.3) is 0 Å². The molecule has 2 heterocycles. The summed E-state index contributed by atoms with van der Waals surface area (Å²) in [6, 6.07) is 1.86. The first-order valence-electron chi connectivity index (χ1n) is 5.64. The highest BCUT2D eigenvalue weighted by atomic mass is 32.2. The maximum Gasteiger partial charge on any atom is 0.343 e. The molecule has 0 radical (unpaired) electrons. The Morgan fingerprint density at radius 3 is 3.05 bits per heavy atom. The zero-order chi connectivity index (χ0) is 13.7. The summed E-state index contributed by atoms with van der Waals surface area (Å²) in [7, 11) is 0. The van der Waals surface area contributed by atoms with Crippen LogP contribution in [0.2, 0.25) is 0 Å². The number of thioether (sulfide) groups is 1. The van der Waals surface area contributed by atoms with E-state index < -0.39 is 5.97 Å². The minimum Gasteiger partial charge on any atom is -0.472 e. The molecule has 2 N–H and O–H groups in total. The van der Waals surface area contributed by atoms with Gasteiger partial charge in [-0.2, -0.15) is 0 Å². The van der Waals surface area contributed by atoms with Gasteiger partial charge in [0, 0.05) is 17.5 Å². The van der Waals surface area contributed by atoms with Gasteiger partial charge in [0.2, 0.25) is 0 Å². The van der Waals surface area contributed by atoms with Crippen LogP contribution in [0.5, 0.6) is 0 Å². The summed E-state index contributed by atoms with van der Waals surface area (Å²) in [5, 5.41) is 0.506. The van der Waals surface area contributed by atoms with Crippen molar-refractivity contribution in [2.75, 3.05) is 12.3 Å². The molecule has 0 unspecified atom stereocenters. The fourth-order valence-corrected chi connectivity index (χ4v) is 2.09. The number of ether oxygens (including phenoxy) is 1. The van der Waals surface area contributed by atoms with Gasteiger partial charge in [-0.25, -0.2) is 14.8 Å². The van der Waals surface area contributed by atoms with E-state index in [1.165, 1.54) is 18.0 Å². The molecule has 19 heavy (non-hydrogen) atoms. The molecule has 0 aliphatic carbocycles. The zero-order valence-electron chi connectivity index (χ0n) is 10.3. The van der Waals surface area contributed by atoms with Gasteiger partial charge in [0.15, 0.2) is 5.16 Å². The van der Waals surface area contributed by atoms with Gasteiger partial charge >= 0.3 is 5.97 Å². The lowest BCUT2D eigenvalue weighted by molar-refractivity contribution is 0.0526. The first-order valence-corrected chi connectivity index (χ1v) is 6.62. The Morgan fingerprint density at radius 2 is 2.42 bits per heavy atom. The molecule has 0 bridgehead atoms.